The normalized spacial score (nSPS) is 11.0. The number of hydrogen-bond donors (Lipinski definition) is 2. The first-order chi connectivity index (χ1) is 12.8. The maximum Gasteiger partial charge on any atom is 0.275 e. The number of nitrogens with zero attached hydrogens (tertiary/aromatic N) is 2. The Labute approximate surface area is 149 Å². The summed E-state index contributed by atoms with van der Waals surface area (Å²) in [5.74, 6) is 0.655. The summed E-state index contributed by atoms with van der Waals surface area (Å²) < 4.78 is 7.34. The molecule has 130 valence electrons. The highest BCUT2D eigenvalue weighted by molar-refractivity contribution is 5.93. The Balaban J connectivity index is 1.92. The van der Waals surface area contributed by atoms with Crippen LogP contribution in [0.4, 0.5) is 0 Å². The molecule has 6 nitrogen and oxygen atoms in total. The molecule has 26 heavy (non-hydrogen) atoms. The topological polar surface area (TPSA) is 80.1 Å². The Morgan fingerprint density at radius 1 is 1.12 bits per heavy atom. The van der Waals surface area contributed by atoms with Gasteiger partial charge in [0.2, 0.25) is 0 Å². The summed E-state index contributed by atoms with van der Waals surface area (Å²) in [5, 5.41) is 8.94. The second kappa shape index (κ2) is 6.85. The van der Waals surface area contributed by atoms with Crippen LogP contribution in [0.1, 0.15) is 0 Å². The number of fused-ring (bicyclic) bond motifs is 1. The number of hydrogen-bond acceptors (Lipinski definition) is 4. The van der Waals surface area contributed by atoms with E-state index in [4.69, 9.17) is 9.84 Å². The number of para-hydroxylation sites is 1. The van der Waals surface area contributed by atoms with Gasteiger partial charge < -0.3 is 19.4 Å². The van der Waals surface area contributed by atoms with Gasteiger partial charge in [-0.1, -0.05) is 30.3 Å². The molecule has 0 bridgehead atoms. The number of aliphatic hydroxyl groups excluding tert-OH is 1. The number of nitrogens with one attached hydrogen (secondary N) is 1. The Morgan fingerprint density at radius 2 is 1.96 bits per heavy atom. The predicted molar refractivity (Wildman–Crippen MR) is 99.7 cm³/mol. The zero-order chi connectivity index (χ0) is 17.9. The van der Waals surface area contributed by atoms with Gasteiger partial charge in [0.05, 0.1) is 12.9 Å². The van der Waals surface area contributed by atoms with Gasteiger partial charge in [0.25, 0.3) is 5.56 Å². The van der Waals surface area contributed by atoms with Crippen molar-refractivity contribution >= 4 is 11.0 Å². The van der Waals surface area contributed by atoms with Crippen LogP contribution < -0.4 is 10.3 Å². The van der Waals surface area contributed by atoms with Gasteiger partial charge in [0.15, 0.2) is 0 Å². The van der Waals surface area contributed by atoms with Crippen molar-refractivity contribution < 1.29 is 9.84 Å². The fourth-order valence-corrected chi connectivity index (χ4v) is 2.99. The summed E-state index contributed by atoms with van der Waals surface area (Å²) >= 11 is 0. The maximum absolute atomic E-state index is 12.5. The highest BCUT2D eigenvalue weighted by Crippen LogP contribution is 2.31. The fourth-order valence-electron chi connectivity index (χ4n) is 2.99. The van der Waals surface area contributed by atoms with Gasteiger partial charge in [-0.25, -0.2) is 4.98 Å². The standard InChI is InChI=1S/C20H17N3O3/c24-9-10-26-16-8-4-5-14(11-16)17-12-23(15-6-2-1-3-7-15)19-18(17)21-13-22-20(19)25/h1-8,11-13,24H,9-10H2,(H,21,22,25). The van der Waals surface area contributed by atoms with Gasteiger partial charge in [0, 0.05) is 17.4 Å². The number of aromatic nitrogens is 3. The van der Waals surface area contributed by atoms with Gasteiger partial charge in [-0.2, -0.15) is 0 Å². The van der Waals surface area contributed by atoms with Crippen LogP contribution in [-0.4, -0.2) is 32.9 Å². The maximum atomic E-state index is 12.5. The Bertz CT molecular complexity index is 1100. The van der Waals surface area contributed by atoms with Crippen molar-refractivity contribution in [2.24, 2.45) is 0 Å². The lowest BCUT2D eigenvalue weighted by Crippen LogP contribution is -2.09. The lowest BCUT2D eigenvalue weighted by Gasteiger charge is -2.06. The van der Waals surface area contributed by atoms with Crippen LogP contribution >= 0.6 is 0 Å². The van der Waals surface area contributed by atoms with Crippen molar-refractivity contribution in [3.63, 3.8) is 0 Å². The zero-order valence-electron chi connectivity index (χ0n) is 13.9. The molecular formula is C20H17N3O3. The fraction of sp³-hybridized carbons (Fsp3) is 0.100. The van der Waals surface area contributed by atoms with E-state index in [1.54, 1.807) is 0 Å². The molecule has 0 radical (unpaired) electrons. The van der Waals surface area contributed by atoms with E-state index in [1.165, 1.54) is 6.33 Å². The first-order valence-electron chi connectivity index (χ1n) is 8.26. The number of benzene rings is 2. The predicted octanol–water partition coefficient (Wildman–Crippen LogP) is 2.75. The molecule has 6 heteroatoms. The molecule has 0 atom stereocenters. The Kier molecular flexibility index (Phi) is 4.25. The SMILES string of the molecule is O=c1[nH]cnc2c(-c3cccc(OCCO)c3)cn(-c3ccccc3)c12. The quantitative estimate of drug-likeness (QED) is 0.582. The summed E-state index contributed by atoms with van der Waals surface area (Å²) in [6, 6.07) is 17.2. The van der Waals surface area contributed by atoms with Crippen LogP contribution in [-0.2, 0) is 0 Å². The van der Waals surface area contributed by atoms with Crippen LogP contribution in [0, 0.1) is 0 Å². The van der Waals surface area contributed by atoms with Crippen molar-refractivity contribution in [2.75, 3.05) is 13.2 Å². The molecule has 2 N–H and O–H groups in total. The number of H-pyrrole nitrogens is 1. The smallest absolute Gasteiger partial charge is 0.275 e. The molecular weight excluding hydrogens is 330 g/mol. The molecule has 0 aliphatic heterocycles. The second-order valence-corrected chi connectivity index (χ2v) is 5.78. The molecule has 0 saturated carbocycles. The van der Waals surface area contributed by atoms with Crippen molar-refractivity contribution in [3.8, 4) is 22.6 Å². The lowest BCUT2D eigenvalue weighted by atomic mass is 10.1. The molecule has 0 aliphatic rings. The van der Waals surface area contributed by atoms with Gasteiger partial charge in [-0.3, -0.25) is 4.79 Å². The van der Waals surface area contributed by atoms with Crippen LogP contribution in [0.3, 0.4) is 0 Å². The Hall–Kier alpha value is -3.38. The average molecular weight is 347 g/mol. The summed E-state index contributed by atoms with van der Waals surface area (Å²) in [5.41, 5.74) is 3.53. The zero-order valence-corrected chi connectivity index (χ0v) is 13.9. The van der Waals surface area contributed by atoms with E-state index < -0.39 is 0 Å². The van der Waals surface area contributed by atoms with Crippen LogP contribution in [0.25, 0.3) is 27.8 Å². The number of ether oxygens (including phenoxy) is 1. The van der Waals surface area contributed by atoms with E-state index >= 15 is 0 Å². The van der Waals surface area contributed by atoms with E-state index in [0.29, 0.717) is 16.8 Å². The van der Waals surface area contributed by atoms with E-state index in [1.807, 2.05) is 65.4 Å². The van der Waals surface area contributed by atoms with Crippen LogP contribution in [0.5, 0.6) is 5.75 Å². The number of rotatable bonds is 5. The summed E-state index contributed by atoms with van der Waals surface area (Å²) in [6.07, 6.45) is 3.32. The molecule has 4 aromatic rings. The minimum atomic E-state index is -0.196. The Morgan fingerprint density at radius 3 is 2.77 bits per heavy atom. The summed E-state index contributed by atoms with van der Waals surface area (Å²) in [7, 11) is 0. The van der Waals surface area contributed by atoms with Crippen molar-refractivity contribution in [2.45, 2.75) is 0 Å². The first-order valence-corrected chi connectivity index (χ1v) is 8.26. The minimum absolute atomic E-state index is 0.0471. The monoisotopic (exact) mass is 347 g/mol. The molecule has 0 unspecified atom stereocenters. The van der Waals surface area contributed by atoms with Crippen molar-refractivity contribution in [3.05, 3.63) is 77.5 Å². The van der Waals surface area contributed by atoms with Crippen LogP contribution in [0.15, 0.2) is 71.9 Å². The van der Waals surface area contributed by atoms with E-state index in [0.717, 1.165) is 16.8 Å². The average Bonchev–Trinajstić information content (AvgIpc) is 3.08. The third-order valence-electron chi connectivity index (χ3n) is 4.12. The lowest BCUT2D eigenvalue weighted by molar-refractivity contribution is 0.201. The molecule has 4 rings (SSSR count). The molecule has 2 aromatic heterocycles. The van der Waals surface area contributed by atoms with Crippen LogP contribution in [0.2, 0.25) is 0 Å². The largest absolute Gasteiger partial charge is 0.491 e. The van der Waals surface area contributed by atoms with Gasteiger partial charge in [0.1, 0.15) is 23.4 Å². The highest BCUT2D eigenvalue weighted by atomic mass is 16.5. The third-order valence-corrected chi connectivity index (χ3v) is 4.12. The molecule has 0 amide bonds. The minimum Gasteiger partial charge on any atom is -0.491 e. The molecule has 0 spiro atoms. The van der Waals surface area contributed by atoms with Crippen molar-refractivity contribution in [1.82, 2.24) is 14.5 Å². The van der Waals surface area contributed by atoms with E-state index in [-0.39, 0.29) is 18.8 Å². The molecule has 2 heterocycles. The summed E-state index contributed by atoms with van der Waals surface area (Å²) in [6.45, 7) is 0.182. The van der Waals surface area contributed by atoms with Gasteiger partial charge >= 0.3 is 0 Å². The molecule has 0 fully saturated rings. The number of aromatic amines is 1. The highest BCUT2D eigenvalue weighted by Gasteiger charge is 2.16. The molecule has 0 saturated heterocycles. The van der Waals surface area contributed by atoms with Gasteiger partial charge in [-0.15, -0.1) is 0 Å². The van der Waals surface area contributed by atoms with E-state index in [9.17, 15) is 4.79 Å². The number of aliphatic hydroxyl groups is 1. The van der Waals surface area contributed by atoms with E-state index in [2.05, 4.69) is 9.97 Å². The summed E-state index contributed by atoms with van der Waals surface area (Å²) in [4.78, 5) is 19.5. The van der Waals surface area contributed by atoms with Gasteiger partial charge in [-0.05, 0) is 29.8 Å². The first kappa shape index (κ1) is 16.1. The third kappa shape index (κ3) is 2.87. The molecule has 0 aliphatic carbocycles. The second-order valence-electron chi connectivity index (χ2n) is 5.78. The van der Waals surface area contributed by atoms with Crippen molar-refractivity contribution in [1.29, 1.82) is 0 Å². The molecule has 2 aromatic carbocycles.